The smallest absolute Gasteiger partial charge is 0.287 e. The minimum Gasteiger partial charge on any atom is -0.380 e. The van der Waals surface area contributed by atoms with Crippen molar-refractivity contribution in [2.45, 2.75) is 6.61 Å². The Hall–Kier alpha value is -1.07. The van der Waals surface area contributed by atoms with Crippen molar-refractivity contribution >= 4 is 17.5 Å². The summed E-state index contributed by atoms with van der Waals surface area (Å²) >= 11 is 5.58. The molecule has 0 aliphatic heterocycles. The summed E-state index contributed by atoms with van der Waals surface area (Å²) < 4.78 is 9.34. The molecule has 0 aliphatic rings. The van der Waals surface area contributed by atoms with E-state index >= 15 is 0 Å². The van der Waals surface area contributed by atoms with Crippen molar-refractivity contribution in [3.8, 4) is 0 Å². The highest BCUT2D eigenvalue weighted by Crippen LogP contribution is 2.19. The lowest BCUT2D eigenvalue weighted by molar-refractivity contribution is 0.0958. The zero-order chi connectivity index (χ0) is 9.14. The van der Waals surface area contributed by atoms with Gasteiger partial charge in [-0.1, -0.05) is 16.8 Å². The van der Waals surface area contributed by atoms with Gasteiger partial charge in [-0.2, -0.15) is 0 Å². The maximum Gasteiger partial charge on any atom is 0.287 e. The fraction of sp³-hybridized carbons (Fsp3) is 0.333. The number of ether oxygens (including phenoxy) is 1. The van der Waals surface area contributed by atoms with E-state index < -0.39 is 5.91 Å². The highest BCUT2D eigenvalue weighted by Gasteiger charge is 2.18. The Morgan fingerprint density at radius 2 is 2.50 bits per heavy atom. The van der Waals surface area contributed by atoms with Gasteiger partial charge in [0.25, 0.3) is 5.91 Å². The van der Waals surface area contributed by atoms with E-state index in [1.165, 1.54) is 7.11 Å². The number of carbonyl (C=O) groups is 1. The number of methoxy groups -OCH3 is 1. The van der Waals surface area contributed by atoms with Crippen LogP contribution in [0.15, 0.2) is 4.52 Å². The molecule has 0 saturated heterocycles. The quantitative estimate of drug-likeness (QED) is 0.756. The van der Waals surface area contributed by atoms with E-state index in [-0.39, 0.29) is 17.5 Å². The summed E-state index contributed by atoms with van der Waals surface area (Å²) in [5.41, 5.74) is 5.35. The van der Waals surface area contributed by atoms with Gasteiger partial charge in [-0.05, 0) is 0 Å². The number of hydrogen-bond acceptors (Lipinski definition) is 4. The molecular weight excluding hydrogens is 184 g/mol. The lowest BCUT2D eigenvalue weighted by Crippen LogP contribution is -2.12. The molecule has 1 aromatic heterocycles. The Labute approximate surface area is 73.4 Å². The normalized spacial score (nSPS) is 10.2. The van der Waals surface area contributed by atoms with Gasteiger partial charge in [-0.25, -0.2) is 0 Å². The van der Waals surface area contributed by atoms with Crippen LogP contribution in [0, 0.1) is 0 Å². The molecule has 1 rings (SSSR count). The van der Waals surface area contributed by atoms with Crippen molar-refractivity contribution in [1.29, 1.82) is 0 Å². The lowest BCUT2D eigenvalue weighted by atomic mass is 10.3. The van der Waals surface area contributed by atoms with Gasteiger partial charge < -0.3 is 15.0 Å². The van der Waals surface area contributed by atoms with E-state index in [4.69, 9.17) is 22.1 Å². The van der Waals surface area contributed by atoms with E-state index in [9.17, 15) is 4.79 Å². The number of carbonyl (C=O) groups excluding carboxylic acids is 1. The van der Waals surface area contributed by atoms with Crippen molar-refractivity contribution in [2.24, 2.45) is 5.73 Å². The lowest BCUT2D eigenvalue weighted by Gasteiger charge is -1.95. The Kier molecular flexibility index (Phi) is 2.67. The topological polar surface area (TPSA) is 78.3 Å². The first-order valence-electron chi connectivity index (χ1n) is 3.09. The molecule has 0 bridgehead atoms. The number of hydrogen-bond donors (Lipinski definition) is 1. The van der Waals surface area contributed by atoms with E-state index in [0.717, 1.165) is 0 Å². The van der Waals surface area contributed by atoms with Crippen LogP contribution in [0.4, 0.5) is 0 Å². The van der Waals surface area contributed by atoms with E-state index in [1.807, 2.05) is 0 Å². The van der Waals surface area contributed by atoms with Crippen LogP contribution in [-0.2, 0) is 11.3 Å². The summed E-state index contributed by atoms with van der Waals surface area (Å²) in [6, 6.07) is 0. The molecule has 5 nitrogen and oxygen atoms in total. The molecule has 0 fully saturated rings. The summed E-state index contributed by atoms with van der Waals surface area (Å²) in [7, 11) is 1.47. The van der Waals surface area contributed by atoms with Gasteiger partial charge in [-0.15, -0.1) is 0 Å². The van der Waals surface area contributed by atoms with Gasteiger partial charge in [0.1, 0.15) is 0 Å². The number of amides is 1. The Morgan fingerprint density at radius 3 is 3.00 bits per heavy atom. The number of halogens is 1. The number of primary amides is 1. The number of aromatic nitrogens is 1. The third-order valence-corrected chi connectivity index (χ3v) is 1.55. The Morgan fingerprint density at radius 1 is 1.83 bits per heavy atom. The zero-order valence-corrected chi connectivity index (χ0v) is 7.09. The van der Waals surface area contributed by atoms with Gasteiger partial charge >= 0.3 is 0 Å². The van der Waals surface area contributed by atoms with Gasteiger partial charge in [0.05, 0.1) is 12.2 Å². The van der Waals surface area contributed by atoms with E-state index in [0.29, 0.717) is 5.56 Å². The molecule has 0 aromatic carbocycles. The predicted octanol–water partition coefficient (Wildman–Crippen LogP) is 0.573. The summed E-state index contributed by atoms with van der Waals surface area (Å²) in [5.74, 6) is -0.761. The number of rotatable bonds is 3. The molecule has 0 aliphatic carbocycles. The summed E-state index contributed by atoms with van der Waals surface area (Å²) in [6.45, 7) is 0.153. The second kappa shape index (κ2) is 3.55. The van der Waals surface area contributed by atoms with E-state index in [2.05, 4.69) is 9.68 Å². The molecule has 0 atom stereocenters. The molecule has 1 heterocycles. The second-order valence-corrected chi connectivity index (χ2v) is 2.44. The second-order valence-electron chi connectivity index (χ2n) is 2.08. The van der Waals surface area contributed by atoms with Crippen molar-refractivity contribution in [2.75, 3.05) is 7.11 Å². The zero-order valence-electron chi connectivity index (χ0n) is 6.33. The average molecular weight is 191 g/mol. The van der Waals surface area contributed by atoms with Crippen LogP contribution >= 0.6 is 11.6 Å². The van der Waals surface area contributed by atoms with Crippen LogP contribution in [0.3, 0.4) is 0 Å². The molecule has 6 heteroatoms. The van der Waals surface area contributed by atoms with Crippen LogP contribution in [0.1, 0.15) is 16.1 Å². The maximum absolute atomic E-state index is 10.7. The monoisotopic (exact) mass is 190 g/mol. The van der Waals surface area contributed by atoms with Crippen LogP contribution < -0.4 is 5.73 Å². The van der Waals surface area contributed by atoms with Crippen LogP contribution in [0.5, 0.6) is 0 Å². The van der Waals surface area contributed by atoms with Crippen LogP contribution in [-0.4, -0.2) is 18.2 Å². The molecule has 66 valence electrons. The van der Waals surface area contributed by atoms with Gasteiger partial charge in [-0.3, -0.25) is 4.79 Å². The highest BCUT2D eigenvalue weighted by molar-refractivity contribution is 6.30. The average Bonchev–Trinajstić information content (AvgIpc) is 2.34. The van der Waals surface area contributed by atoms with Crippen LogP contribution in [0.2, 0.25) is 5.15 Å². The van der Waals surface area contributed by atoms with Crippen molar-refractivity contribution in [3.05, 3.63) is 16.5 Å². The first-order chi connectivity index (χ1) is 5.66. The highest BCUT2D eigenvalue weighted by atomic mass is 35.5. The molecule has 12 heavy (non-hydrogen) atoms. The molecular formula is C6H7ClN2O3. The minimum absolute atomic E-state index is 0.0538. The fourth-order valence-corrected chi connectivity index (χ4v) is 0.928. The predicted molar refractivity (Wildman–Crippen MR) is 40.7 cm³/mol. The van der Waals surface area contributed by atoms with Crippen molar-refractivity contribution < 1.29 is 14.1 Å². The standard InChI is InChI=1S/C6H7ClN2O3/c1-11-2-3-4(6(8)10)12-9-5(3)7/h2H2,1H3,(H2,8,10). The molecule has 1 amide bonds. The van der Waals surface area contributed by atoms with Crippen LogP contribution in [0.25, 0.3) is 0 Å². The summed E-state index contributed by atoms with van der Waals surface area (Å²) in [6.07, 6.45) is 0. The molecule has 2 N–H and O–H groups in total. The van der Waals surface area contributed by atoms with Gasteiger partial charge in [0.15, 0.2) is 5.15 Å². The molecule has 0 unspecified atom stereocenters. The summed E-state index contributed by atoms with van der Waals surface area (Å²) in [4.78, 5) is 10.7. The molecule has 0 spiro atoms. The van der Waals surface area contributed by atoms with Gasteiger partial charge in [0, 0.05) is 7.11 Å². The first kappa shape index (κ1) is 9.02. The SMILES string of the molecule is COCc1c(Cl)noc1C(N)=O. The van der Waals surface area contributed by atoms with Crippen molar-refractivity contribution in [1.82, 2.24) is 5.16 Å². The third kappa shape index (κ3) is 1.57. The fourth-order valence-electron chi connectivity index (χ4n) is 0.753. The molecule has 0 radical (unpaired) electrons. The van der Waals surface area contributed by atoms with Crippen molar-refractivity contribution in [3.63, 3.8) is 0 Å². The van der Waals surface area contributed by atoms with E-state index in [1.54, 1.807) is 0 Å². The van der Waals surface area contributed by atoms with Gasteiger partial charge in [0.2, 0.25) is 5.76 Å². The number of nitrogens with zero attached hydrogens (tertiary/aromatic N) is 1. The number of nitrogens with two attached hydrogens (primary N) is 1. The largest absolute Gasteiger partial charge is 0.380 e. The maximum atomic E-state index is 10.7. The third-order valence-electron chi connectivity index (χ3n) is 1.25. The summed E-state index contributed by atoms with van der Waals surface area (Å²) in [5, 5.41) is 3.47. The molecule has 1 aromatic rings. The molecule has 0 saturated carbocycles. The Bertz CT molecular complexity index is 297. The minimum atomic E-state index is -0.707. The first-order valence-corrected chi connectivity index (χ1v) is 3.47. The Balaban J connectivity index is 3.03.